The Bertz CT molecular complexity index is 1500. The molecule has 178 valence electrons. The van der Waals surface area contributed by atoms with Gasteiger partial charge in [-0.25, -0.2) is 19.9 Å². The Balaban J connectivity index is 1.44. The molecule has 5 rings (SSSR count). The second-order valence-corrected chi connectivity index (χ2v) is 8.53. The van der Waals surface area contributed by atoms with Crippen molar-refractivity contribution in [2.75, 3.05) is 0 Å². The summed E-state index contributed by atoms with van der Waals surface area (Å²) in [6, 6.07) is 8.97. The SMILES string of the molecule is CC(C)c1ncncc1-c1nc2ccnc(Cc3ccc(-c4nc(C(F)(F)F)cn4C)cc3)c2o1. The number of fused-ring (bicyclic) bond motifs is 1. The molecule has 0 unspecified atom stereocenters. The van der Waals surface area contributed by atoms with E-state index in [1.807, 2.05) is 26.0 Å². The first kappa shape index (κ1) is 22.7. The third kappa shape index (κ3) is 4.39. The first-order valence-electron chi connectivity index (χ1n) is 10.9. The Morgan fingerprint density at radius 2 is 1.80 bits per heavy atom. The fourth-order valence-corrected chi connectivity index (χ4v) is 3.95. The van der Waals surface area contributed by atoms with Gasteiger partial charge >= 0.3 is 6.18 Å². The average molecular weight is 478 g/mol. The minimum Gasteiger partial charge on any atom is -0.434 e. The Morgan fingerprint density at radius 1 is 1.03 bits per heavy atom. The lowest BCUT2D eigenvalue weighted by molar-refractivity contribution is -0.140. The van der Waals surface area contributed by atoms with Crippen molar-refractivity contribution in [1.29, 1.82) is 0 Å². The highest BCUT2D eigenvalue weighted by Gasteiger charge is 2.34. The van der Waals surface area contributed by atoms with E-state index in [4.69, 9.17) is 4.42 Å². The second kappa shape index (κ2) is 8.61. The van der Waals surface area contributed by atoms with Crippen molar-refractivity contribution in [3.63, 3.8) is 0 Å². The molecule has 0 amide bonds. The molecule has 0 radical (unpaired) electrons. The summed E-state index contributed by atoms with van der Waals surface area (Å²) in [5.41, 5.74) is 4.13. The molecule has 5 aromatic rings. The molecule has 0 N–H and O–H groups in total. The van der Waals surface area contributed by atoms with Gasteiger partial charge in [-0.2, -0.15) is 13.2 Å². The second-order valence-electron chi connectivity index (χ2n) is 8.53. The fourth-order valence-electron chi connectivity index (χ4n) is 3.95. The Labute approximate surface area is 198 Å². The van der Waals surface area contributed by atoms with Gasteiger partial charge in [-0.1, -0.05) is 38.1 Å². The van der Waals surface area contributed by atoms with Crippen LogP contribution in [0.15, 0.2) is 59.7 Å². The molecule has 0 saturated carbocycles. The third-order valence-corrected chi connectivity index (χ3v) is 5.65. The number of oxazole rings is 1. The van der Waals surface area contributed by atoms with Crippen LogP contribution < -0.4 is 0 Å². The van der Waals surface area contributed by atoms with Crippen molar-refractivity contribution in [2.45, 2.75) is 32.4 Å². The molecule has 0 aliphatic rings. The van der Waals surface area contributed by atoms with Crippen molar-refractivity contribution in [2.24, 2.45) is 7.05 Å². The van der Waals surface area contributed by atoms with Gasteiger partial charge in [0.05, 0.1) is 17.0 Å². The van der Waals surface area contributed by atoms with Crippen LogP contribution in [0.5, 0.6) is 0 Å². The van der Waals surface area contributed by atoms with Crippen LogP contribution in [0.3, 0.4) is 0 Å². The van der Waals surface area contributed by atoms with E-state index in [0.717, 1.165) is 23.0 Å². The summed E-state index contributed by atoms with van der Waals surface area (Å²) in [5.74, 6) is 0.851. The number of hydrogen-bond acceptors (Lipinski definition) is 6. The van der Waals surface area contributed by atoms with Gasteiger partial charge in [-0.15, -0.1) is 0 Å². The van der Waals surface area contributed by atoms with Crippen molar-refractivity contribution < 1.29 is 17.6 Å². The number of halogens is 3. The summed E-state index contributed by atoms with van der Waals surface area (Å²) in [5, 5.41) is 0. The van der Waals surface area contributed by atoms with Gasteiger partial charge in [0.2, 0.25) is 5.89 Å². The lowest BCUT2D eigenvalue weighted by Gasteiger charge is -2.07. The maximum absolute atomic E-state index is 13.0. The van der Waals surface area contributed by atoms with E-state index in [1.54, 1.807) is 37.6 Å². The predicted molar refractivity (Wildman–Crippen MR) is 123 cm³/mol. The quantitative estimate of drug-likeness (QED) is 0.317. The largest absolute Gasteiger partial charge is 0.434 e. The smallest absolute Gasteiger partial charge is 0.434 e. The maximum Gasteiger partial charge on any atom is 0.434 e. The normalized spacial score (nSPS) is 12.1. The van der Waals surface area contributed by atoms with Crippen molar-refractivity contribution in [3.8, 4) is 22.8 Å². The van der Waals surface area contributed by atoms with Crippen molar-refractivity contribution in [3.05, 3.63) is 77.9 Å². The summed E-state index contributed by atoms with van der Waals surface area (Å²) in [6.45, 7) is 4.08. The third-order valence-electron chi connectivity index (χ3n) is 5.65. The van der Waals surface area contributed by atoms with Crippen LogP contribution in [0.1, 0.15) is 42.4 Å². The van der Waals surface area contributed by atoms with Crippen LogP contribution in [0.2, 0.25) is 0 Å². The molecule has 35 heavy (non-hydrogen) atoms. The number of alkyl halides is 3. The van der Waals surface area contributed by atoms with Crippen LogP contribution in [-0.2, 0) is 19.6 Å². The topological polar surface area (TPSA) is 82.5 Å². The number of aryl methyl sites for hydroxylation is 1. The Hall–Kier alpha value is -4.08. The zero-order valence-corrected chi connectivity index (χ0v) is 19.2. The van der Waals surface area contributed by atoms with E-state index in [9.17, 15) is 13.2 Å². The van der Waals surface area contributed by atoms with Gasteiger partial charge in [-0.3, -0.25) is 4.98 Å². The van der Waals surface area contributed by atoms with Crippen molar-refractivity contribution in [1.82, 2.24) is 29.5 Å². The van der Waals surface area contributed by atoms with Gasteiger partial charge in [0.15, 0.2) is 11.3 Å². The first-order valence-corrected chi connectivity index (χ1v) is 10.9. The summed E-state index contributed by atoms with van der Waals surface area (Å²) in [4.78, 5) is 21.4. The van der Waals surface area contributed by atoms with E-state index in [-0.39, 0.29) is 11.7 Å². The van der Waals surface area contributed by atoms with Crippen LogP contribution in [0.4, 0.5) is 13.2 Å². The number of hydrogen-bond donors (Lipinski definition) is 0. The minimum atomic E-state index is -4.49. The van der Waals surface area contributed by atoms with E-state index >= 15 is 0 Å². The lowest BCUT2D eigenvalue weighted by atomic mass is 10.1. The molecule has 0 aliphatic carbocycles. The van der Waals surface area contributed by atoms with Crippen LogP contribution in [0, 0.1) is 0 Å². The minimum absolute atomic E-state index is 0.171. The number of imidazole rings is 1. The molecule has 0 atom stereocenters. The fraction of sp³-hybridized carbons (Fsp3) is 0.240. The van der Waals surface area contributed by atoms with Gasteiger partial charge in [0.1, 0.15) is 17.7 Å². The molecule has 4 heterocycles. The van der Waals surface area contributed by atoms with Gasteiger partial charge in [-0.05, 0) is 17.5 Å². The molecular formula is C25H21F3N6O. The zero-order valence-electron chi connectivity index (χ0n) is 19.2. The van der Waals surface area contributed by atoms with Crippen LogP contribution in [0.25, 0.3) is 33.9 Å². The Morgan fingerprint density at radius 3 is 2.49 bits per heavy atom. The van der Waals surface area contributed by atoms with E-state index in [1.165, 1.54) is 10.9 Å². The first-order chi connectivity index (χ1) is 16.7. The highest BCUT2D eigenvalue weighted by molar-refractivity contribution is 5.78. The van der Waals surface area contributed by atoms with Gasteiger partial charge in [0.25, 0.3) is 0 Å². The Kier molecular flexibility index (Phi) is 5.58. The summed E-state index contributed by atoms with van der Waals surface area (Å²) in [6.07, 6.45) is 1.84. The van der Waals surface area contributed by atoms with E-state index in [0.29, 0.717) is 34.7 Å². The monoisotopic (exact) mass is 478 g/mol. The zero-order chi connectivity index (χ0) is 24.7. The van der Waals surface area contributed by atoms with E-state index < -0.39 is 11.9 Å². The molecule has 10 heteroatoms. The van der Waals surface area contributed by atoms with Crippen LogP contribution in [-0.4, -0.2) is 29.5 Å². The number of nitrogens with zero attached hydrogens (tertiary/aromatic N) is 6. The van der Waals surface area contributed by atoms with Gasteiger partial charge < -0.3 is 8.98 Å². The molecule has 0 spiro atoms. The molecule has 0 saturated heterocycles. The molecule has 1 aromatic carbocycles. The van der Waals surface area contributed by atoms with Crippen molar-refractivity contribution >= 4 is 11.1 Å². The standard InChI is InChI=1S/C25H21F3N6O/c1-14(2)21-17(11-29-13-31-21)24-32-18-8-9-30-19(22(18)35-24)10-15-4-6-16(7-5-15)23-33-20(12-34(23)3)25(26,27)28/h4-9,11-14H,10H2,1-3H3. The number of rotatable bonds is 5. The highest BCUT2D eigenvalue weighted by Crippen LogP contribution is 2.32. The molecule has 0 bridgehead atoms. The van der Waals surface area contributed by atoms with Crippen LogP contribution >= 0.6 is 0 Å². The molecular weight excluding hydrogens is 457 g/mol. The number of pyridine rings is 1. The predicted octanol–water partition coefficient (Wildman–Crippen LogP) is 5.81. The maximum atomic E-state index is 13.0. The van der Waals surface area contributed by atoms with E-state index in [2.05, 4.69) is 24.9 Å². The summed E-state index contributed by atoms with van der Waals surface area (Å²) < 4.78 is 46.5. The number of aromatic nitrogens is 6. The molecule has 4 aromatic heterocycles. The number of benzene rings is 1. The van der Waals surface area contributed by atoms with Gasteiger partial charge in [0, 0.05) is 37.6 Å². The molecule has 0 fully saturated rings. The summed E-state index contributed by atoms with van der Waals surface area (Å²) >= 11 is 0. The summed E-state index contributed by atoms with van der Waals surface area (Å²) in [7, 11) is 1.54. The molecule has 7 nitrogen and oxygen atoms in total. The molecule has 0 aliphatic heterocycles. The highest BCUT2D eigenvalue weighted by atomic mass is 19.4. The lowest BCUT2D eigenvalue weighted by Crippen LogP contribution is -2.04. The average Bonchev–Trinajstić information content (AvgIpc) is 3.44.